The quantitative estimate of drug-likeness (QED) is 0.704. The molecule has 102 valence electrons. The van der Waals surface area contributed by atoms with Crippen LogP contribution in [0.5, 0.6) is 0 Å². The van der Waals surface area contributed by atoms with Gasteiger partial charge < -0.3 is 4.74 Å². The summed E-state index contributed by atoms with van der Waals surface area (Å²) in [7, 11) is -2.99. The maximum atomic E-state index is 11.9. The van der Waals surface area contributed by atoms with Crippen molar-refractivity contribution in [2.45, 2.75) is 46.6 Å². The Morgan fingerprint density at radius 3 is 2.18 bits per heavy atom. The smallest absolute Gasteiger partial charge is 0.162 e. The van der Waals surface area contributed by atoms with Gasteiger partial charge in [-0.05, 0) is 18.8 Å². The molecule has 0 radical (unpaired) electrons. The van der Waals surface area contributed by atoms with E-state index in [1.165, 1.54) is 6.26 Å². The van der Waals surface area contributed by atoms with E-state index in [9.17, 15) is 13.2 Å². The summed E-state index contributed by atoms with van der Waals surface area (Å²) in [5.74, 6) is 0.0462. The van der Waals surface area contributed by atoms with Gasteiger partial charge in [0.05, 0.1) is 5.75 Å². The third-order valence-corrected chi connectivity index (χ3v) is 3.38. The van der Waals surface area contributed by atoms with Crippen molar-refractivity contribution < 1.29 is 17.9 Å². The average Bonchev–Trinajstić information content (AvgIpc) is 2.09. The van der Waals surface area contributed by atoms with Crippen LogP contribution in [0, 0.1) is 5.41 Å². The van der Waals surface area contributed by atoms with Crippen molar-refractivity contribution in [3.8, 4) is 0 Å². The summed E-state index contributed by atoms with van der Waals surface area (Å²) in [6.45, 7) is 8.17. The van der Waals surface area contributed by atoms with Gasteiger partial charge in [0.1, 0.15) is 15.9 Å². The molecule has 0 N–H and O–H groups in total. The van der Waals surface area contributed by atoms with Gasteiger partial charge >= 0.3 is 0 Å². The Balaban J connectivity index is 4.35. The Morgan fingerprint density at radius 1 is 1.29 bits per heavy atom. The van der Waals surface area contributed by atoms with E-state index in [0.29, 0.717) is 13.0 Å². The fraction of sp³-hybridized carbons (Fsp3) is 0.917. The van der Waals surface area contributed by atoms with E-state index >= 15 is 0 Å². The molecular formula is C12H24O4S. The van der Waals surface area contributed by atoms with Gasteiger partial charge in [-0.1, -0.05) is 20.8 Å². The lowest BCUT2D eigenvalue weighted by Gasteiger charge is -2.29. The number of hydrogen-bond acceptors (Lipinski definition) is 4. The molecule has 0 aliphatic carbocycles. The van der Waals surface area contributed by atoms with Crippen molar-refractivity contribution in [3.05, 3.63) is 0 Å². The summed E-state index contributed by atoms with van der Waals surface area (Å²) in [6, 6.07) is 0. The van der Waals surface area contributed by atoms with E-state index in [1.54, 1.807) is 0 Å². The minimum absolute atomic E-state index is 0.0111. The molecule has 0 rings (SSSR count). The van der Waals surface area contributed by atoms with Crippen LogP contribution in [0.4, 0.5) is 0 Å². The van der Waals surface area contributed by atoms with Gasteiger partial charge in [0.2, 0.25) is 0 Å². The highest BCUT2D eigenvalue weighted by atomic mass is 32.2. The highest BCUT2D eigenvalue weighted by molar-refractivity contribution is 7.90. The van der Waals surface area contributed by atoms with Crippen LogP contribution in [0.1, 0.15) is 40.5 Å². The first kappa shape index (κ1) is 16.6. The van der Waals surface area contributed by atoms with Crippen molar-refractivity contribution in [1.29, 1.82) is 0 Å². The average molecular weight is 264 g/mol. The summed E-state index contributed by atoms with van der Waals surface area (Å²) in [6.07, 6.45) is 1.36. The molecule has 5 heteroatoms. The molecule has 0 saturated carbocycles. The van der Waals surface area contributed by atoms with Crippen molar-refractivity contribution >= 4 is 15.6 Å². The first-order valence-corrected chi connectivity index (χ1v) is 7.96. The Morgan fingerprint density at radius 2 is 1.82 bits per heavy atom. The number of ether oxygens (including phenoxy) is 1. The number of carbonyl (C=O) groups excluding carboxylic acids is 1. The predicted molar refractivity (Wildman–Crippen MR) is 68.8 cm³/mol. The minimum Gasteiger partial charge on any atom is -0.370 e. The molecule has 1 atom stereocenters. The summed E-state index contributed by atoms with van der Waals surface area (Å²) in [4.78, 5) is 11.9. The van der Waals surface area contributed by atoms with Crippen LogP contribution in [0.3, 0.4) is 0 Å². The Bertz CT molecular complexity index is 338. The van der Waals surface area contributed by atoms with E-state index in [-0.39, 0.29) is 23.4 Å². The molecule has 0 aromatic rings. The molecule has 1 unspecified atom stereocenters. The molecule has 0 aliphatic heterocycles. The van der Waals surface area contributed by atoms with Gasteiger partial charge in [-0.2, -0.15) is 0 Å². The lowest BCUT2D eigenvalue weighted by Crippen LogP contribution is -2.37. The van der Waals surface area contributed by atoms with Gasteiger partial charge in [0, 0.05) is 19.3 Å². The first-order chi connectivity index (χ1) is 7.58. The summed E-state index contributed by atoms with van der Waals surface area (Å²) in [5, 5.41) is 0. The normalized spacial score (nSPS) is 14.6. The number of sulfone groups is 1. The van der Waals surface area contributed by atoms with Crippen LogP contribution in [0.2, 0.25) is 0 Å². The molecule has 0 spiro atoms. The van der Waals surface area contributed by atoms with Crippen LogP contribution in [0.15, 0.2) is 0 Å². The summed E-state index contributed by atoms with van der Waals surface area (Å²) >= 11 is 0. The molecule has 0 aliphatic rings. The van der Waals surface area contributed by atoms with Crippen molar-refractivity contribution in [3.63, 3.8) is 0 Å². The van der Waals surface area contributed by atoms with Crippen molar-refractivity contribution in [2.75, 3.05) is 18.6 Å². The van der Waals surface area contributed by atoms with Gasteiger partial charge in [-0.25, -0.2) is 8.42 Å². The first-order valence-electron chi connectivity index (χ1n) is 5.90. The second kappa shape index (κ2) is 6.50. The summed E-state index contributed by atoms with van der Waals surface area (Å²) in [5.41, 5.74) is -0.252. The molecule has 0 aromatic carbocycles. The van der Waals surface area contributed by atoms with Crippen LogP contribution in [-0.2, 0) is 19.4 Å². The molecule has 0 bridgehead atoms. The Labute approximate surface area is 105 Å². The number of ketones is 1. The number of Topliss-reactive ketones (excluding diaryl/α,β-unsaturated/α-hetero) is 1. The van der Waals surface area contributed by atoms with Gasteiger partial charge in [-0.3, -0.25) is 4.79 Å². The van der Waals surface area contributed by atoms with Crippen LogP contribution >= 0.6 is 0 Å². The Kier molecular flexibility index (Phi) is 6.34. The zero-order valence-electron chi connectivity index (χ0n) is 11.4. The molecule has 0 heterocycles. The van der Waals surface area contributed by atoms with Gasteiger partial charge in [0.15, 0.2) is 5.78 Å². The largest absolute Gasteiger partial charge is 0.370 e. The lowest BCUT2D eigenvalue weighted by molar-refractivity contribution is -0.137. The van der Waals surface area contributed by atoms with Gasteiger partial charge in [-0.15, -0.1) is 0 Å². The second-order valence-corrected chi connectivity index (χ2v) is 7.66. The number of hydrogen-bond donors (Lipinski definition) is 0. The second-order valence-electron chi connectivity index (χ2n) is 5.40. The molecule has 17 heavy (non-hydrogen) atoms. The number of carbonyl (C=O) groups is 1. The summed E-state index contributed by atoms with van der Waals surface area (Å²) < 4.78 is 27.4. The van der Waals surface area contributed by atoms with Crippen LogP contribution in [0.25, 0.3) is 0 Å². The molecular weight excluding hydrogens is 240 g/mol. The SMILES string of the molecule is CCOC(C(=O)CCCS(C)(=O)=O)C(C)(C)C. The monoisotopic (exact) mass is 264 g/mol. The van der Waals surface area contributed by atoms with Crippen LogP contribution < -0.4 is 0 Å². The van der Waals surface area contributed by atoms with E-state index in [1.807, 2.05) is 27.7 Å². The van der Waals surface area contributed by atoms with Crippen LogP contribution in [-0.4, -0.2) is 38.9 Å². The molecule has 0 saturated heterocycles. The number of rotatable bonds is 7. The molecule has 0 amide bonds. The highest BCUT2D eigenvalue weighted by Gasteiger charge is 2.31. The third-order valence-electron chi connectivity index (χ3n) is 2.35. The lowest BCUT2D eigenvalue weighted by atomic mass is 9.85. The fourth-order valence-electron chi connectivity index (χ4n) is 1.63. The van der Waals surface area contributed by atoms with E-state index in [0.717, 1.165) is 0 Å². The zero-order valence-corrected chi connectivity index (χ0v) is 12.3. The maximum absolute atomic E-state index is 11.9. The van der Waals surface area contributed by atoms with Gasteiger partial charge in [0.25, 0.3) is 0 Å². The zero-order chi connectivity index (χ0) is 13.7. The van der Waals surface area contributed by atoms with E-state index in [2.05, 4.69) is 0 Å². The minimum atomic E-state index is -2.99. The van der Waals surface area contributed by atoms with E-state index in [4.69, 9.17) is 4.74 Å². The molecule has 4 nitrogen and oxygen atoms in total. The standard InChI is InChI=1S/C12H24O4S/c1-6-16-11(12(2,3)4)10(13)8-7-9-17(5,14)15/h11H,6-9H2,1-5H3. The third kappa shape index (κ3) is 7.49. The molecule has 0 fully saturated rings. The molecule has 0 aromatic heterocycles. The topological polar surface area (TPSA) is 60.4 Å². The Hall–Kier alpha value is -0.420. The maximum Gasteiger partial charge on any atom is 0.162 e. The van der Waals surface area contributed by atoms with Crippen molar-refractivity contribution in [2.24, 2.45) is 5.41 Å². The fourth-order valence-corrected chi connectivity index (χ4v) is 2.30. The van der Waals surface area contributed by atoms with Crippen molar-refractivity contribution in [1.82, 2.24) is 0 Å². The van der Waals surface area contributed by atoms with E-state index < -0.39 is 15.9 Å². The highest BCUT2D eigenvalue weighted by Crippen LogP contribution is 2.24. The predicted octanol–water partition coefficient (Wildman–Crippen LogP) is 1.83.